The molecule has 0 saturated carbocycles. The maximum Gasteiger partial charge on any atom is 0.289 e. The number of hydrogen-bond acceptors (Lipinski definition) is 4. The Bertz CT molecular complexity index is 842. The summed E-state index contributed by atoms with van der Waals surface area (Å²) in [6, 6.07) is 1.93. The molecule has 0 unspecified atom stereocenters. The normalized spacial score (nSPS) is 14.4. The molecule has 1 aliphatic rings. The van der Waals surface area contributed by atoms with Crippen LogP contribution in [0.2, 0.25) is 0 Å². The highest BCUT2D eigenvalue weighted by Crippen LogP contribution is 2.31. The van der Waals surface area contributed by atoms with Crippen molar-refractivity contribution < 1.29 is 8.81 Å². The predicted octanol–water partition coefficient (Wildman–Crippen LogP) is 4.34. The summed E-state index contributed by atoms with van der Waals surface area (Å²) in [6.45, 7) is 0. The van der Waals surface area contributed by atoms with Crippen molar-refractivity contribution in [1.29, 1.82) is 0 Å². The highest BCUT2D eigenvalue weighted by molar-refractivity contribution is 9.11. The van der Waals surface area contributed by atoms with E-state index in [1.165, 1.54) is 4.52 Å². The van der Waals surface area contributed by atoms with Crippen LogP contribution >= 0.6 is 27.3 Å². The second kappa shape index (κ2) is 4.39. The molecule has 0 spiro atoms. The summed E-state index contributed by atoms with van der Waals surface area (Å²) in [5.74, 6) is 1.45. The van der Waals surface area contributed by atoms with Gasteiger partial charge in [0.05, 0.1) is 6.20 Å². The van der Waals surface area contributed by atoms with E-state index >= 15 is 0 Å². The SMILES string of the molecule is Fc1nn2cc(-c3cc4c(o3)C=CCC(Br)=C4)nc2s1. The van der Waals surface area contributed by atoms with Gasteiger partial charge in [0.25, 0.3) is 5.26 Å². The first-order valence-electron chi connectivity index (χ1n) is 5.87. The van der Waals surface area contributed by atoms with Crippen molar-refractivity contribution in [2.75, 3.05) is 0 Å². The average molecular weight is 352 g/mol. The Balaban J connectivity index is 1.83. The number of fused-ring (bicyclic) bond motifs is 2. The van der Waals surface area contributed by atoms with Gasteiger partial charge in [0.15, 0.2) is 5.76 Å². The quantitative estimate of drug-likeness (QED) is 0.654. The van der Waals surface area contributed by atoms with Gasteiger partial charge in [-0.05, 0) is 40.5 Å². The number of nitrogens with zero attached hydrogens (tertiary/aromatic N) is 3. The maximum atomic E-state index is 13.0. The molecule has 20 heavy (non-hydrogen) atoms. The molecular weight excluding hydrogens is 345 g/mol. The highest BCUT2D eigenvalue weighted by atomic mass is 79.9. The van der Waals surface area contributed by atoms with Crippen LogP contribution in [0.25, 0.3) is 28.6 Å². The van der Waals surface area contributed by atoms with Gasteiger partial charge in [-0.25, -0.2) is 9.50 Å². The number of furan rings is 1. The van der Waals surface area contributed by atoms with Crippen LogP contribution < -0.4 is 0 Å². The van der Waals surface area contributed by atoms with Crippen molar-refractivity contribution >= 4 is 44.4 Å². The third-order valence-corrected chi connectivity index (χ3v) is 4.22. The lowest BCUT2D eigenvalue weighted by Crippen LogP contribution is -1.80. The summed E-state index contributed by atoms with van der Waals surface area (Å²) in [7, 11) is 0. The smallest absolute Gasteiger partial charge is 0.289 e. The molecule has 1 aliphatic carbocycles. The molecule has 0 radical (unpaired) electrons. The topological polar surface area (TPSA) is 43.3 Å². The molecule has 7 heteroatoms. The van der Waals surface area contributed by atoms with Crippen molar-refractivity contribution in [2.24, 2.45) is 0 Å². The average Bonchev–Trinajstić information content (AvgIpc) is 3.00. The van der Waals surface area contributed by atoms with Crippen molar-refractivity contribution in [2.45, 2.75) is 6.42 Å². The highest BCUT2D eigenvalue weighted by Gasteiger charge is 2.15. The molecular formula is C13H7BrFN3OS. The Labute approximate surface area is 125 Å². The van der Waals surface area contributed by atoms with E-state index in [4.69, 9.17) is 4.42 Å². The first-order valence-corrected chi connectivity index (χ1v) is 7.48. The van der Waals surface area contributed by atoms with Crippen LogP contribution in [-0.4, -0.2) is 14.6 Å². The minimum Gasteiger partial charge on any atom is -0.454 e. The molecule has 0 saturated heterocycles. The van der Waals surface area contributed by atoms with Gasteiger partial charge in [-0.15, -0.1) is 5.10 Å². The molecule has 4 nitrogen and oxygen atoms in total. The van der Waals surface area contributed by atoms with Crippen LogP contribution in [0.1, 0.15) is 17.7 Å². The Morgan fingerprint density at radius 1 is 1.45 bits per heavy atom. The van der Waals surface area contributed by atoms with Crippen molar-refractivity contribution in [3.63, 3.8) is 0 Å². The van der Waals surface area contributed by atoms with Crippen LogP contribution in [0, 0.1) is 5.26 Å². The van der Waals surface area contributed by atoms with E-state index in [9.17, 15) is 4.39 Å². The lowest BCUT2D eigenvalue weighted by Gasteiger charge is -1.88. The summed E-state index contributed by atoms with van der Waals surface area (Å²) in [5.41, 5.74) is 1.64. The number of hydrogen-bond donors (Lipinski definition) is 0. The number of allylic oxidation sites excluding steroid dienone is 2. The largest absolute Gasteiger partial charge is 0.454 e. The lowest BCUT2D eigenvalue weighted by molar-refractivity contribution is 0.568. The van der Waals surface area contributed by atoms with Crippen molar-refractivity contribution in [1.82, 2.24) is 14.6 Å². The molecule has 0 fully saturated rings. The van der Waals surface area contributed by atoms with Gasteiger partial charge in [0, 0.05) is 5.56 Å². The van der Waals surface area contributed by atoms with Gasteiger partial charge >= 0.3 is 0 Å². The van der Waals surface area contributed by atoms with Gasteiger partial charge in [0.1, 0.15) is 11.5 Å². The summed E-state index contributed by atoms with van der Waals surface area (Å²) in [4.78, 5) is 4.83. The van der Waals surface area contributed by atoms with E-state index < -0.39 is 5.26 Å². The monoisotopic (exact) mass is 351 g/mol. The molecule has 3 aromatic heterocycles. The zero-order chi connectivity index (χ0) is 13.7. The van der Waals surface area contributed by atoms with E-state index in [-0.39, 0.29) is 0 Å². The Morgan fingerprint density at radius 2 is 2.35 bits per heavy atom. The lowest BCUT2D eigenvalue weighted by atomic mass is 10.2. The summed E-state index contributed by atoms with van der Waals surface area (Å²) in [5, 5.41) is 3.20. The number of imidazole rings is 1. The minimum absolute atomic E-state index is 0.496. The van der Waals surface area contributed by atoms with Crippen LogP contribution in [0.3, 0.4) is 0 Å². The third-order valence-electron chi connectivity index (χ3n) is 2.96. The minimum atomic E-state index is -0.496. The molecule has 3 aromatic rings. The fraction of sp³-hybridized carbons (Fsp3) is 0.0769. The van der Waals surface area contributed by atoms with E-state index in [2.05, 4.69) is 26.0 Å². The molecule has 0 atom stereocenters. The molecule has 4 rings (SSSR count). The molecule has 0 amide bonds. The van der Waals surface area contributed by atoms with E-state index in [0.29, 0.717) is 16.4 Å². The van der Waals surface area contributed by atoms with E-state index in [1.54, 1.807) is 6.20 Å². The number of halogens is 2. The summed E-state index contributed by atoms with van der Waals surface area (Å²) < 4.78 is 21.3. The first-order chi connectivity index (χ1) is 9.69. The molecule has 0 bridgehead atoms. The van der Waals surface area contributed by atoms with E-state index in [0.717, 1.165) is 33.6 Å². The Kier molecular flexibility index (Phi) is 2.64. The zero-order valence-electron chi connectivity index (χ0n) is 10.0. The molecule has 0 N–H and O–H groups in total. The molecule has 100 valence electrons. The summed E-state index contributed by atoms with van der Waals surface area (Å²) >= 11 is 4.41. The fourth-order valence-electron chi connectivity index (χ4n) is 2.09. The van der Waals surface area contributed by atoms with Gasteiger partial charge in [0.2, 0.25) is 4.96 Å². The van der Waals surface area contributed by atoms with Crippen molar-refractivity contribution in [3.05, 3.63) is 39.4 Å². The maximum absolute atomic E-state index is 13.0. The number of aromatic nitrogens is 3. The standard InChI is InChI=1S/C13H7BrFN3OS/c14-8-2-1-3-10-7(4-8)5-11(19-10)9-6-18-13(16-9)20-12(15)17-18/h1,3-6H,2H2. The zero-order valence-corrected chi connectivity index (χ0v) is 12.4. The predicted molar refractivity (Wildman–Crippen MR) is 79.1 cm³/mol. The van der Waals surface area contributed by atoms with E-state index in [1.807, 2.05) is 24.3 Å². The van der Waals surface area contributed by atoms with Crippen LogP contribution in [-0.2, 0) is 0 Å². The van der Waals surface area contributed by atoms with Gasteiger partial charge in [-0.1, -0.05) is 22.0 Å². The second-order valence-corrected chi connectivity index (χ2v) is 6.26. The van der Waals surface area contributed by atoms with Crippen molar-refractivity contribution in [3.8, 4) is 11.5 Å². The summed E-state index contributed by atoms with van der Waals surface area (Å²) in [6.07, 6.45) is 8.51. The first kappa shape index (κ1) is 12.0. The Morgan fingerprint density at radius 3 is 3.20 bits per heavy atom. The Hall–Kier alpha value is -1.73. The van der Waals surface area contributed by atoms with Crippen LogP contribution in [0.4, 0.5) is 4.39 Å². The molecule has 0 aromatic carbocycles. The van der Waals surface area contributed by atoms with Gasteiger partial charge < -0.3 is 4.42 Å². The molecule has 3 heterocycles. The fourth-order valence-corrected chi connectivity index (χ4v) is 3.13. The van der Waals surface area contributed by atoms with Crippen LogP contribution in [0.5, 0.6) is 0 Å². The second-order valence-electron chi connectivity index (χ2n) is 4.34. The van der Waals surface area contributed by atoms with Gasteiger partial charge in [-0.3, -0.25) is 0 Å². The number of rotatable bonds is 1. The van der Waals surface area contributed by atoms with Gasteiger partial charge in [-0.2, -0.15) is 4.39 Å². The molecule has 0 aliphatic heterocycles. The third kappa shape index (κ3) is 1.94. The van der Waals surface area contributed by atoms with Crippen LogP contribution in [0.15, 0.2) is 27.2 Å².